The van der Waals surface area contributed by atoms with E-state index in [1.807, 2.05) is 42.6 Å². The van der Waals surface area contributed by atoms with Crippen molar-refractivity contribution in [3.05, 3.63) is 65.6 Å². The molecule has 1 N–H and O–H groups in total. The Bertz CT molecular complexity index is 1050. The van der Waals surface area contributed by atoms with Crippen LogP contribution in [0.1, 0.15) is 22.7 Å². The van der Waals surface area contributed by atoms with E-state index >= 15 is 0 Å². The summed E-state index contributed by atoms with van der Waals surface area (Å²) in [5.74, 6) is 0.510. The molecule has 0 saturated carbocycles. The quantitative estimate of drug-likeness (QED) is 0.672. The molecular formula is C21H20N4O4S. The number of aliphatic hydroxyl groups is 1. The van der Waals surface area contributed by atoms with Crippen LogP contribution < -0.4 is 9.47 Å². The minimum absolute atomic E-state index is 0.0862. The van der Waals surface area contributed by atoms with Crippen LogP contribution in [0, 0.1) is 0 Å². The molecule has 0 bridgehead atoms. The molecule has 2 aliphatic heterocycles. The van der Waals surface area contributed by atoms with E-state index in [2.05, 4.69) is 10.1 Å². The van der Waals surface area contributed by atoms with Gasteiger partial charge in [-0.1, -0.05) is 30.3 Å². The average molecular weight is 424 g/mol. The first-order valence-corrected chi connectivity index (χ1v) is 10.4. The number of carbonyl (C=O) groups excluding carboxylic acids is 1. The van der Waals surface area contributed by atoms with Gasteiger partial charge in [0.1, 0.15) is 13.2 Å². The van der Waals surface area contributed by atoms with Gasteiger partial charge < -0.3 is 19.5 Å². The Morgan fingerprint density at radius 2 is 2.03 bits per heavy atom. The van der Waals surface area contributed by atoms with Gasteiger partial charge in [0.2, 0.25) is 5.91 Å². The largest absolute Gasteiger partial charge is 0.484 e. The van der Waals surface area contributed by atoms with Gasteiger partial charge in [-0.05, 0) is 5.56 Å². The van der Waals surface area contributed by atoms with Gasteiger partial charge in [-0.3, -0.25) is 4.79 Å². The van der Waals surface area contributed by atoms with Crippen molar-refractivity contribution in [3.63, 3.8) is 0 Å². The van der Waals surface area contributed by atoms with Crippen molar-refractivity contribution in [2.75, 3.05) is 19.8 Å². The molecule has 4 heterocycles. The molecule has 0 spiro atoms. The zero-order valence-corrected chi connectivity index (χ0v) is 16.9. The number of pyridine rings is 1. The molecule has 3 aromatic rings. The van der Waals surface area contributed by atoms with Gasteiger partial charge in [-0.15, -0.1) is 0 Å². The van der Waals surface area contributed by atoms with Crippen LogP contribution in [0.5, 0.6) is 11.6 Å². The second-order valence-corrected chi connectivity index (χ2v) is 8.13. The number of fused-ring (bicyclic) bond motifs is 2. The van der Waals surface area contributed by atoms with E-state index in [4.69, 9.17) is 9.47 Å². The van der Waals surface area contributed by atoms with Gasteiger partial charge in [-0.25, -0.2) is 9.07 Å². The highest BCUT2D eigenvalue weighted by atomic mass is 32.2. The number of nitrogens with zero attached hydrogens (tertiary/aromatic N) is 4. The van der Waals surface area contributed by atoms with Crippen molar-refractivity contribution < 1.29 is 19.4 Å². The first kappa shape index (κ1) is 19.0. The number of benzene rings is 1. The van der Waals surface area contributed by atoms with Gasteiger partial charge in [0.15, 0.2) is 5.75 Å². The van der Waals surface area contributed by atoms with E-state index in [1.165, 1.54) is 11.9 Å². The summed E-state index contributed by atoms with van der Waals surface area (Å²) in [5.41, 5.74) is 2.69. The highest BCUT2D eigenvalue weighted by Crippen LogP contribution is 2.33. The van der Waals surface area contributed by atoms with Crippen LogP contribution in [-0.2, 0) is 17.9 Å². The highest BCUT2D eigenvalue weighted by Gasteiger charge is 2.31. The predicted molar refractivity (Wildman–Crippen MR) is 109 cm³/mol. The maximum absolute atomic E-state index is 12.9. The topological polar surface area (TPSA) is 89.7 Å². The van der Waals surface area contributed by atoms with E-state index in [0.717, 1.165) is 21.7 Å². The molecule has 8 nitrogen and oxygen atoms in total. The van der Waals surface area contributed by atoms with Crippen molar-refractivity contribution in [2.24, 2.45) is 0 Å². The molecule has 1 aromatic carbocycles. The summed E-state index contributed by atoms with van der Waals surface area (Å²) in [6.07, 6.45) is 3.66. The minimum atomic E-state index is -0.555. The van der Waals surface area contributed by atoms with E-state index < -0.39 is 5.92 Å². The molecule has 2 aliphatic rings. The summed E-state index contributed by atoms with van der Waals surface area (Å²) in [7, 11) is 0. The number of hydrogen-bond donors (Lipinski definition) is 1. The predicted octanol–water partition coefficient (Wildman–Crippen LogP) is 2.22. The minimum Gasteiger partial charge on any atom is -0.484 e. The van der Waals surface area contributed by atoms with E-state index in [-0.39, 0.29) is 12.5 Å². The number of aromatic nitrogens is 3. The molecule has 30 heavy (non-hydrogen) atoms. The third-order valence-corrected chi connectivity index (χ3v) is 5.93. The molecule has 1 atom stereocenters. The molecule has 1 amide bonds. The summed E-state index contributed by atoms with van der Waals surface area (Å²) in [4.78, 5) is 19.9. The van der Waals surface area contributed by atoms with Gasteiger partial charge in [0.25, 0.3) is 5.88 Å². The number of amides is 1. The summed E-state index contributed by atoms with van der Waals surface area (Å²) in [5, 5.41) is 14.4. The second kappa shape index (κ2) is 8.00. The van der Waals surface area contributed by atoms with Gasteiger partial charge in [0, 0.05) is 42.5 Å². The fraction of sp³-hybridized carbons (Fsp3) is 0.286. The number of carbonyl (C=O) groups is 1. The fourth-order valence-corrected chi connectivity index (χ4v) is 4.43. The van der Waals surface area contributed by atoms with Gasteiger partial charge in [-0.2, -0.15) is 5.10 Å². The Morgan fingerprint density at radius 1 is 1.20 bits per heavy atom. The summed E-state index contributed by atoms with van der Waals surface area (Å²) < 4.78 is 12.8. The van der Waals surface area contributed by atoms with E-state index in [1.54, 1.807) is 15.2 Å². The average Bonchev–Trinajstić information content (AvgIpc) is 3.33. The lowest BCUT2D eigenvalue weighted by Gasteiger charge is -2.22. The van der Waals surface area contributed by atoms with Crippen molar-refractivity contribution in [3.8, 4) is 11.6 Å². The number of hydrogen-bond acceptors (Lipinski definition) is 7. The monoisotopic (exact) mass is 424 g/mol. The maximum atomic E-state index is 12.9. The van der Waals surface area contributed by atoms with Crippen molar-refractivity contribution >= 4 is 17.9 Å². The summed E-state index contributed by atoms with van der Waals surface area (Å²) >= 11 is 1.43. The zero-order valence-electron chi connectivity index (χ0n) is 16.1. The van der Waals surface area contributed by atoms with Gasteiger partial charge >= 0.3 is 0 Å². The Balaban J connectivity index is 1.27. The van der Waals surface area contributed by atoms with Gasteiger partial charge in [0.05, 0.1) is 29.7 Å². The number of ether oxygens (including phenoxy) is 2. The maximum Gasteiger partial charge on any atom is 0.257 e. The SMILES string of the molecule is O=C(C(CO)c1ccccc1)N1Cc2cn(Sc3cnc4c(c3)OCCO4)nc2C1. The van der Waals surface area contributed by atoms with Crippen LogP contribution in [0.15, 0.2) is 53.7 Å². The normalized spacial score (nSPS) is 15.7. The number of rotatable bonds is 5. The molecule has 0 fully saturated rings. The first-order chi connectivity index (χ1) is 14.7. The highest BCUT2D eigenvalue weighted by molar-refractivity contribution is 7.97. The third kappa shape index (κ3) is 3.61. The van der Waals surface area contributed by atoms with E-state index in [0.29, 0.717) is 37.9 Å². The van der Waals surface area contributed by atoms with Crippen molar-refractivity contribution in [2.45, 2.75) is 23.9 Å². The molecule has 5 rings (SSSR count). The molecule has 2 aromatic heterocycles. The third-order valence-electron chi connectivity index (χ3n) is 5.12. The summed E-state index contributed by atoms with van der Waals surface area (Å²) in [6.45, 7) is 1.72. The Kier molecular flexibility index (Phi) is 5.06. The van der Waals surface area contributed by atoms with Crippen LogP contribution in [0.3, 0.4) is 0 Å². The molecule has 154 valence electrons. The van der Waals surface area contributed by atoms with Crippen LogP contribution in [0.2, 0.25) is 0 Å². The standard InChI is InChI=1S/C21H20N4O4S/c26-13-17(14-4-2-1-3-5-14)21(27)24-10-15-11-25(23-18(15)12-24)30-16-8-19-20(22-9-16)29-7-6-28-19/h1-5,8-9,11,17,26H,6-7,10,12-13H2. The fourth-order valence-electron chi connectivity index (χ4n) is 3.64. The van der Waals surface area contributed by atoms with Crippen LogP contribution in [0.25, 0.3) is 0 Å². The van der Waals surface area contributed by atoms with Crippen LogP contribution in [0.4, 0.5) is 0 Å². The molecule has 0 aliphatic carbocycles. The molecule has 0 saturated heterocycles. The Labute approximate surface area is 177 Å². The number of aliphatic hydroxyl groups excluding tert-OH is 1. The lowest BCUT2D eigenvalue weighted by atomic mass is 9.98. The zero-order chi connectivity index (χ0) is 20.5. The van der Waals surface area contributed by atoms with E-state index in [9.17, 15) is 9.90 Å². The lowest BCUT2D eigenvalue weighted by Crippen LogP contribution is -2.32. The van der Waals surface area contributed by atoms with Crippen LogP contribution >= 0.6 is 11.9 Å². The Hall–Kier alpha value is -3.04. The molecule has 9 heteroatoms. The molecular weight excluding hydrogens is 404 g/mol. The van der Waals surface area contributed by atoms with Crippen LogP contribution in [-0.4, -0.2) is 49.9 Å². The molecule has 0 radical (unpaired) electrons. The molecule has 1 unspecified atom stereocenters. The Morgan fingerprint density at radius 3 is 2.83 bits per heavy atom. The lowest BCUT2D eigenvalue weighted by molar-refractivity contribution is -0.134. The first-order valence-electron chi connectivity index (χ1n) is 9.67. The van der Waals surface area contributed by atoms with Crippen molar-refractivity contribution in [1.82, 2.24) is 19.1 Å². The van der Waals surface area contributed by atoms with Crippen molar-refractivity contribution in [1.29, 1.82) is 0 Å². The smallest absolute Gasteiger partial charge is 0.257 e. The summed E-state index contributed by atoms with van der Waals surface area (Å²) in [6, 6.07) is 11.3. The second-order valence-electron chi connectivity index (χ2n) is 7.11.